The molecule has 0 amide bonds. The number of benzene rings is 3. The molecule has 1 aliphatic rings. The van der Waals surface area contributed by atoms with E-state index in [0.717, 1.165) is 37.4 Å². The number of para-hydroxylation sites is 1. The Morgan fingerprint density at radius 3 is 2.34 bits per heavy atom. The monoisotopic (exact) mass is 420 g/mol. The minimum atomic E-state index is 0.177. The summed E-state index contributed by atoms with van der Waals surface area (Å²) in [7, 11) is 0. The minimum absolute atomic E-state index is 0.177. The molecule has 1 aliphatic heterocycles. The summed E-state index contributed by atoms with van der Waals surface area (Å²) >= 11 is 0. The molecule has 5 rings (SSSR count). The van der Waals surface area contributed by atoms with Gasteiger partial charge < -0.3 is 9.88 Å². The standard InChI is InChI=1S/C28H28N4/c1-20-16-21(2)27-24(17-20)18-25(30-27)28(22-8-4-3-5-9-22)32-14-12-31(13-15-32)26-11-7-6-10-23(26)19-29/h3-11,16-18,28,30H,12-15H2,1-2H3. The number of nitriles is 1. The first-order valence-electron chi connectivity index (χ1n) is 11.3. The third kappa shape index (κ3) is 3.77. The fourth-order valence-electron chi connectivity index (χ4n) is 5.07. The largest absolute Gasteiger partial charge is 0.368 e. The minimum Gasteiger partial charge on any atom is -0.368 e. The lowest BCUT2D eigenvalue weighted by molar-refractivity contribution is 0.210. The molecular weight excluding hydrogens is 392 g/mol. The number of aromatic nitrogens is 1. The number of hydrogen-bond donors (Lipinski definition) is 1. The maximum atomic E-state index is 9.51. The van der Waals surface area contributed by atoms with Crippen molar-refractivity contribution in [1.82, 2.24) is 9.88 Å². The molecule has 1 fully saturated rings. The van der Waals surface area contributed by atoms with E-state index in [1.54, 1.807) is 0 Å². The predicted octanol–water partition coefficient (Wildman–Crippen LogP) is 5.57. The summed E-state index contributed by atoms with van der Waals surface area (Å²) in [4.78, 5) is 8.66. The van der Waals surface area contributed by atoms with Gasteiger partial charge in [-0.1, -0.05) is 54.1 Å². The van der Waals surface area contributed by atoms with E-state index in [2.05, 4.69) is 89.3 Å². The van der Waals surface area contributed by atoms with Crippen LogP contribution < -0.4 is 4.90 Å². The first-order valence-corrected chi connectivity index (χ1v) is 11.3. The Balaban J connectivity index is 1.47. The van der Waals surface area contributed by atoms with E-state index >= 15 is 0 Å². The van der Waals surface area contributed by atoms with Crippen LogP contribution in [0.5, 0.6) is 0 Å². The molecule has 3 aromatic carbocycles. The fourth-order valence-corrected chi connectivity index (χ4v) is 5.07. The maximum Gasteiger partial charge on any atom is 0.101 e. The zero-order valence-electron chi connectivity index (χ0n) is 18.7. The number of nitrogens with one attached hydrogen (secondary N) is 1. The van der Waals surface area contributed by atoms with E-state index in [-0.39, 0.29) is 6.04 Å². The van der Waals surface area contributed by atoms with Crippen LogP contribution in [0.1, 0.15) is 34.0 Å². The number of fused-ring (bicyclic) bond motifs is 1. The van der Waals surface area contributed by atoms with Crippen LogP contribution in [0.25, 0.3) is 10.9 Å². The van der Waals surface area contributed by atoms with Gasteiger partial charge in [0, 0.05) is 42.8 Å². The molecule has 0 bridgehead atoms. The Hall–Kier alpha value is -3.55. The van der Waals surface area contributed by atoms with Crippen LogP contribution in [0.2, 0.25) is 0 Å². The third-order valence-corrected chi connectivity index (χ3v) is 6.55. The lowest BCUT2D eigenvalue weighted by Gasteiger charge is -2.40. The molecule has 32 heavy (non-hydrogen) atoms. The average Bonchev–Trinajstić information content (AvgIpc) is 3.24. The molecule has 0 saturated carbocycles. The van der Waals surface area contributed by atoms with Gasteiger partial charge in [0.2, 0.25) is 0 Å². The van der Waals surface area contributed by atoms with Crippen LogP contribution in [-0.4, -0.2) is 36.1 Å². The Kier molecular flexibility index (Phi) is 5.43. The average molecular weight is 421 g/mol. The molecule has 1 unspecified atom stereocenters. The summed E-state index contributed by atoms with van der Waals surface area (Å²) in [5.41, 5.74) is 8.15. The molecule has 1 atom stereocenters. The van der Waals surface area contributed by atoms with Crippen molar-refractivity contribution >= 4 is 16.6 Å². The van der Waals surface area contributed by atoms with Crippen LogP contribution in [0.15, 0.2) is 72.8 Å². The summed E-state index contributed by atoms with van der Waals surface area (Å²) in [6, 6.07) is 28.1. The van der Waals surface area contributed by atoms with Gasteiger partial charge in [0.1, 0.15) is 6.07 Å². The summed E-state index contributed by atoms with van der Waals surface area (Å²) in [6.07, 6.45) is 0. The van der Waals surface area contributed by atoms with Gasteiger partial charge >= 0.3 is 0 Å². The Morgan fingerprint density at radius 2 is 1.59 bits per heavy atom. The van der Waals surface area contributed by atoms with Crippen molar-refractivity contribution in [2.24, 2.45) is 0 Å². The number of H-pyrrole nitrogens is 1. The second kappa shape index (κ2) is 8.53. The van der Waals surface area contributed by atoms with Crippen LogP contribution in [0.3, 0.4) is 0 Å². The van der Waals surface area contributed by atoms with Crippen LogP contribution >= 0.6 is 0 Å². The molecule has 0 radical (unpaired) electrons. The summed E-state index contributed by atoms with van der Waals surface area (Å²) in [5.74, 6) is 0. The molecule has 1 aromatic heterocycles. The van der Waals surface area contributed by atoms with E-state index in [0.29, 0.717) is 0 Å². The van der Waals surface area contributed by atoms with Crippen LogP contribution in [0, 0.1) is 25.2 Å². The Labute approximate surface area is 189 Å². The van der Waals surface area contributed by atoms with Gasteiger partial charge in [-0.3, -0.25) is 4.90 Å². The van der Waals surface area contributed by atoms with Crippen molar-refractivity contribution in [3.63, 3.8) is 0 Å². The predicted molar refractivity (Wildman–Crippen MR) is 131 cm³/mol. The van der Waals surface area contributed by atoms with Crippen molar-refractivity contribution in [3.05, 3.63) is 101 Å². The lowest BCUT2D eigenvalue weighted by Crippen LogP contribution is -2.48. The second-order valence-electron chi connectivity index (χ2n) is 8.74. The van der Waals surface area contributed by atoms with Crippen molar-refractivity contribution in [2.45, 2.75) is 19.9 Å². The highest BCUT2D eigenvalue weighted by Gasteiger charge is 2.28. The van der Waals surface area contributed by atoms with Crippen molar-refractivity contribution in [3.8, 4) is 6.07 Å². The van der Waals surface area contributed by atoms with Gasteiger partial charge in [-0.2, -0.15) is 5.26 Å². The highest BCUT2D eigenvalue weighted by molar-refractivity contribution is 5.84. The van der Waals surface area contributed by atoms with Crippen molar-refractivity contribution < 1.29 is 0 Å². The molecule has 0 spiro atoms. The smallest absolute Gasteiger partial charge is 0.101 e. The summed E-state index contributed by atoms with van der Waals surface area (Å²) in [6.45, 7) is 8.02. The molecule has 1 saturated heterocycles. The highest BCUT2D eigenvalue weighted by Crippen LogP contribution is 2.33. The molecule has 2 heterocycles. The summed E-state index contributed by atoms with van der Waals surface area (Å²) < 4.78 is 0. The third-order valence-electron chi connectivity index (χ3n) is 6.55. The van der Waals surface area contributed by atoms with E-state index in [4.69, 9.17) is 0 Å². The Morgan fingerprint density at radius 1 is 0.875 bits per heavy atom. The SMILES string of the molecule is Cc1cc(C)c2[nH]c(C(c3ccccc3)N3CCN(c4ccccc4C#N)CC3)cc2c1. The van der Waals surface area contributed by atoms with Gasteiger partial charge in [-0.15, -0.1) is 0 Å². The van der Waals surface area contributed by atoms with Gasteiger partial charge in [0.05, 0.1) is 17.3 Å². The van der Waals surface area contributed by atoms with Crippen molar-refractivity contribution in [2.75, 3.05) is 31.1 Å². The number of hydrogen-bond acceptors (Lipinski definition) is 3. The number of aromatic amines is 1. The van der Waals surface area contributed by atoms with Gasteiger partial charge in [0.15, 0.2) is 0 Å². The zero-order valence-corrected chi connectivity index (χ0v) is 18.7. The van der Waals surface area contributed by atoms with E-state index in [1.165, 1.54) is 33.3 Å². The number of piperazine rings is 1. The molecule has 4 aromatic rings. The molecule has 0 aliphatic carbocycles. The van der Waals surface area contributed by atoms with E-state index < -0.39 is 0 Å². The molecule has 160 valence electrons. The van der Waals surface area contributed by atoms with Gasteiger partial charge in [-0.25, -0.2) is 0 Å². The lowest BCUT2D eigenvalue weighted by atomic mass is 10.0. The molecule has 1 N–H and O–H groups in total. The van der Waals surface area contributed by atoms with E-state index in [1.807, 2.05) is 18.2 Å². The molecular formula is C28H28N4. The van der Waals surface area contributed by atoms with Crippen molar-refractivity contribution in [1.29, 1.82) is 5.26 Å². The topological polar surface area (TPSA) is 46.1 Å². The quantitative estimate of drug-likeness (QED) is 0.470. The zero-order chi connectivity index (χ0) is 22.1. The number of rotatable bonds is 4. The highest BCUT2D eigenvalue weighted by atomic mass is 15.3. The van der Waals surface area contributed by atoms with Gasteiger partial charge in [-0.05, 0) is 49.2 Å². The van der Waals surface area contributed by atoms with E-state index in [9.17, 15) is 5.26 Å². The number of aryl methyl sites for hydroxylation is 2. The summed E-state index contributed by atoms with van der Waals surface area (Å²) in [5, 5.41) is 10.8. The van der Waals surface area contributed by atoms with Crippen LogP contribution in [0.4, 0.5) is 5.69 Å². The van der Waals surface area contributed by atoms with Gasteiger partial charge in [0.25, 0.3) is 0 Å². The fraction of sp³-hybridized carbons (Fsp3) is 0.250. The van der Waals surface area contributed by atoms with Crippen LogP contribution in [-0.2, 0) is 0 Å². The Bertz CT molecular complexity index is 1270. The number of nitrogens with zero attached hydrogens (tertiary/aromatic N) is 3. The molecule has 4 heteroatoms. The first kappa shape index (κ1) is 20.4. The molecule has 4 nitrogen and oxygen atoms in total. The number of anilines is 1. The first-order chi connectivity index (χ1) is 15.6. The normalized spacial score (nSPS) is 15.6. The maximum absolute atomic E-state index is 9.51. The second-order valence-corrected chi connectivity index (χ2v) is 8.74.